The van der Waals surface area contributed by atoms with E-state index in [1.807, 2.05) is 54.7 Å². The molecule has 0 spiro atoms. The van der Waals surface area contributed by atoms with E-state index in [2.05, 4.69) is 25.9 Å². The molecule has 3 rings (SSSR count). The summed E-state index contributed by atoms with van der Waals surface area (Å²) in [5, 5.41) is 1.05. The molecule has 0 atom stereocenters. The number of hydrogen-bond donors (Lipinski definition) is 0. The van der Waals surface area contributed by atoms with Crippen molar-refractivity contribution in [2.24, 2.45) is 0 Å². The number of fused-ring (bicyclic) bond motifs is 1. The molecular weight excluding hydrogens is 276 g/mol. The molecular formula is C14H9BrN2. The lowest BCUT2D eigenvalue weighted by atomic mass is 10.2. The van der Waals surface area contributed by atoms with Gasteiger partial charge in [0.2, 0.25) is 0 Å². The van der Waals surface area contributed by atoms with Crippen molar-refractivity contribution in [1.82, 2.24) is 9.97 Å². The predicted octanol–water partition coefficient (Wildman–Crippen LogP) is 4.06. The van der Waals surface area contributed by atoms with Gasteiger partial charge in [0.05, 0.1) is 5.52 Å². The van der Waals surface area contributed by atoms with Crippen molar-refractivity contribution in [2.75, 3.05) is 0 Å². The number of rotatable bonds is 1. The summed E-state index contributed by atoms with van der Waals surface area (Å²) in [6, 6.07) is 16.0. The van der Waals surface area contributed by atoms with Crippen LogP contribution in [-0.2, 0) is 0 Å². The molecule has 0 saturated heterocycles. The minimum Gasteiger partial charge on any atom is -0.236 e. The van der Waals surface area contributed by atoms with E-state index in [4.69, 9.17) is 0 Å². The van der Waals surface area contributed by atoms with Crippen LogP contribution in [0.2, 0.25) is 0 Å². The highest BCUT2D eigenvalue weighted by Gasteiger charge is 2.02. The first-order valence-corrected chi connectivity index (χ1v) is 6.10. The zero-order chi connectivity index (χ0) is 11.7. The predicted molar refractivity (Wildman–Crippen MR) is 72.7 cm³/mol. The lowest BCUT2D eigenvalue weighted by molar-refractivity contribution is 1.23. The van der Waals surface area contributed by atoms with Gasteiger partial charge < -0.3 is 0 Å². The Kier molecular flexibility index (Phi) is 2.61. The SMILES string of the molecule is Brc1ccc2cnc(-c3ccccc3)nc2c1. The van der Waals surface area contributed by atoms with Gasteiger partial charge in [0, 0.05) is 21.6 Å². The summed E-state index contributed by atoms with van der Waals surface area (Å²) >= 11 is 3.45. The van der Waals surface area contributed by atoms with Gasteiger partial charge in [0.15, 0.2) is 5.82 Å². The number of benzene rings is 2. The van der Waals surface area contributed by atoms with E-state index in [9.17, 15) is 0 Å². The Morgan fingerprint density at radius 2 is 1.76 bits per heavy atom. The Morgan fingerprint density at radius 1 is 0.941 bits per heavy atom. The van der Waals surface area contributed by atoms with E-state index in [0.717, 1.165) is 26.8 Å². The maximum Gasteiger partial charge on any atom is 0.159 e. The molecule has 0 N–H and O–H groups in total. The third-order valence-corrected chi connectivity index (χ3v) is 3.07. The van der Waals surface area contributed by atoms with Crippen LogP contribution >= 0.6 is 15.9 Å². The van der Waals surface area contributed by atoms with Crippen LogP contribution < -0.4 is 0 Å². The Morgan fingerprint density at radius 3 is 2.59 bits per heavy atom. The average molecular weight is 285 g/mol. The Bertz CT molecular complexity index is 665. The number of aromatic nitrogens is 2. The second-order valence-corrected chi connectivity index (χ2v) is 4.68. The fraction of sp³-hybridized carbons (Fsp3) is 0. The zero-order valence-electron chi connectivity index (χ0n) is 8.97. The fourth-order valence-corrected chi connectivity index (χ4v) is 2.07. The van der Waals surface area contributed by atoms with Crippen molar-refractivity contribution in [2.45, 2.75) is 0 Å². The van der Waals surface area contributed by atoms with E-state index in [0.29, 0.717) is 0 Å². The van der Waals surface area contributed by atoms with Gasteiger partial charge in [-0.15, -0.1) is 0 Å². The van der Waals surface area contributed by atoms with Crippen LogP contribution in [0, 0.1) is 0 Å². The van der Waals surface area contributed by atoms with Crippen molar-refractivity contribution < 1.29 is 0 Å². The molecule has 0 aliphatic rings. The summed E-state index contributed by atoms with van der Waals surface area (Å²) in [6.07, 6.45) is 1.86. The van der Waals surface area contributed by atoms with Gasteiger partial charge in [-0.2, -0.15) is 0 Å². The van der Waals surface area contributed by atoms with E-state index in [1.54, 1.807) is 0 Å². The topological polar surface area (TPSA) is 25.8 Å². The number of hydrogen-bond acceptors (Lipinski definition) is 2. The number of halogens is 1. The van der Waals surface area contributed by atoms with Gasteiger partial charge in [-0.25, -0.2) is 9.97 Å². The fourth-order valence-electron chi connectivity index (χ4n) is 1.72. The van der Waals surface area contributed by atoms with E-state index in [-0.39, 0.29) is 0 Å². The molecule has 3 heteroatoms. The highest BCUT2D eigenvalue weighted by atomic mass is 79.9. The molecule has 2 aromatic carbocycles. The van der Waals surface area contributed by atoms with Crippen molar-refractivity contribution in [3.8, 4) is 11.4 Å². The van der Waals surface area contributed by atoms with E-state index in [1.165, 1.54) is 0 Å². The molecule has 0 saturated carbocycles. The first-order valence-electron chi connectivity index (χ1n) is 5.31. The summed E-state index contributed by atoms with van der Waals surface area (Å²) in [5.41, 5.74) is 1.99. The van der Waals surface area contributed by atoms with Gasteiger partial charge in [-0.05, 0) is 12.1 Å². The van der Waals surface area contributed by atoms with E-state index < -0.39 is 0 Å². The molecule has 0 radical (unpaired) electrons. The first-order chi connectivity index (χ1) is 8.33. The van der Waals surface area contributed by atoms with Gasteiger partial charge in [-0.1, -0.05) is 52.3 Å². The lowest BCUT2D eigenvalue weighted by Crippen LogP contribution is -1.89. The second-order valence-electron chi connectivity index (χ2n) is 3.76. The molecule has 0 aliphatic carbocycles. The molecule has 3 aromatic rings. The summed E-state index contributed by atoms with van der Waals surface area (Å²) in [7, 11) is 0. The van der Waals surface area contributed by atoms with Gasteiger partial charge in [0.1, 0.15) is 0 Å². The Labute approximate surface area is 107 Å². The molecule has 1 aromatic heterocycles. The molecule has 1 heterocycles. The van der Waals surface area contributed by atoms with Crippen LogP contribution in [0.5, 0.6) is 0 Å². The first kappa shape index (κ1) is 10.4. The average Bonchev–Trinajstić information content (AvgIpc) is 2.39. The highest BCUT2D eigenvalue weighted by molar-refractivity contribution is 9.10. The molecule has 0 amide bonds. The maximum absolute atomic E-state index is 4.57. The molecule has 0 fully saturated rings. The molecule has 0 aliphatic heterocycles. The molecule has 17 heavy (non-hydrogen) atoms. The summed E-state index contributed by atoms with van der Waals surface area (Å²) < 4.78 is 1.03. The molecule has 2 nitrogen and oxygen atoms in total. The van der Waals surface area contributed by atoms with Crippen molar-refractivity contribution in [3.05, 3.63) is 59.2 Å². The summed E-state index contributed by atoms with van der Waals surface area (Å²) in [4.78, 5) is 8.95. The Hall–Kier alpha value is -1.74. The lowest BCUT2D eigenvalue weighted by Gasteiger charge is -2.02. The smallest absolute Gasteiger partial charge is 0.159 e. The zero-order valence-corrected chi connectivity index (χ0v) is 10.6. The third-order valence-electron chi connectivity index (χ3n) is 2.58. The Balaban J connectivity index is 2.19. The number of nitrogens with zero attached hydrogens (tertiary/aromatic N) is 2. The maximum atomic E-state index is 4.57. The molecule has 82 valence electrons. The van der Waals surface area contributed by atoms with Gasteiger partial charge in [0.25, 0.3) is 0 Å². The minimum absolute atomic E-state index is 0.760. The summed E-state index contributed by atoms with van der Waals surface area (Å²) in [5.74, 6) is 0.760. The molecule has 0 unspecified atom stereocenters. The largest absolute Gasteiger partial charge is 0.236 e. The van der Waals surface area contributed by atoms with Crippen LogP contribution in [-0.4, -0.2) is 9.97 Å². The van der Waals surface area contributed by atoms with Crippen molar-refractivity contribution >= 4 is 26.8 Å². The monoisotopic (exact) mass is 284 g/mol. The standard InChI is InChI=1S/C14H9BrN2/c15-12-7-6-11-9-16-14(17-13(11)8-12)10-4-2-1-3-5-10/h1-9H. The third kappa shape index (κ3) is 2.06. The van der Waals surface area contributed by atoms with Crippen LogP contribution in [0.3, 0.4) is 0 Å². The second kappa shape index (κ2) is 4.26. The quantitative estimate of drug-likeness (QED) is 0.673. The van der Waals surface area contributed by atoms with E-state index >= 15 is 0 Å². The van der Waals surface area contributed by atoms with Crippen LogP contribution in [0.1, 0.15) is 0 Å². The van der Waals surface area contributed by atoms with Gasteiger partial charge >= 0.3 is 0 Å². The van der Waals surface area contributed by atoms with Crippen LogP contribution in [0.25, 0.3) is 22.3 Å². The van der Waals surface area contributed by atoms with Crippen LogP contribution in [0.15, 0.2) is 59.2 Å². The van der Waals surface area contributed by atoms with Crippen molar-refractivity contribution in [1.29, 1.82) is 0 Å². The summed E-state index contributed by atoms with van der Waals surface area (Å²) in [6.45, 7) is 0. The van der Waals surface area contributed by atoms with Crippen molar-refractivity contribution in [3.63, 3.8) is 0 Å². The minimum atomic E-state index is 0.760. The normalized spacial score (nSPS) is 10.6. The van der Waals surface area contributed by atoms with Gasteiger partial charge in [-0.3, -0.25) is 0 Å². The van der Waals surface area contributed by atoms with Crippen LogP contribution in [0.4, 0.5) is 0 Å². The molecule has 0 bridgehead atoms. The highest BCUT2D eigenvalue weighted by Crippen LogP contribution is 2.21.